The molecule has 2 aromatic carbocycles. The molecule has 176 valence electrons. The number of carbonyl (C=O) groups is 2. The van der Waals surface area contributed by atoms with Crippen molar-refractivity contribution in [1.82, 2.24) is 9.88 Å². The van der Waals surface area contributed by atoms with E-state index in [-0.39, 0.29) is 17.4 Å². The monoisotopic (exact) mass is 460 g/mol. The van der Waals surface area contributed by atoms with Gasteiger partial charge in [0.05, 0.1) is 24.8 Å². The molecule has 2 fully saturated rings. The summed E-state index contributed by atoms with van der Waals surface area (Å²) < 4.78 is 11.2. The number of ether oxygens (including phenoxy) is 2. The van der Waals surface area contributed by atoms with E-state index in [0.717, 1.165) is 40.4 Å². The lowest BCUT2D eigenvalue weighted by atomic mass is 9.92. The number of Topliss-reactive ketones (excluding diaryl/α,β-unsaturated/α-hetero) is 1. The van der Waals surface area contributed by atoms with Gasteiger partial charge in [-0.05, 0) is 56.0 Å². The smallest absolute Gasteiger partial charge is 0.295 e. The average molecular weight is 461 g/mol. The van der Waals surface area contributed by atoms with Crippen LogP contribution in [0, 0.1) is 13.8 Å². The largest absolute Gasteiger partial charge is 0.507 e. The molecule has 1 amide bonds. The third kappa shape index (κ3) is 3.56. The van der Waals surface area contributed by atoms with Crippen molar-refractivity contribution in [2.45, 2.75) is 38.8 Å². The van der Waals surface area contributed by atoms with Crippen molar-refractivity contribution in [3.63, 3.8) is 0 Å². The van der Waals surface area contributed by atoms with E-state index in [0.29, 0.717) is 24.5 Å². The normalized spacial score (nSPS) is 22.1. The highest BCUT2D eigenvalue weighted by Gasteiger charge is 2.47. The lowest BCUT2D eigenvalue weighted by Crippen LogP contribution is -2.36. The summed E-state index contributed by atoms with van der Waals surface area (Å²) in [7, 11) is 1.59. The first-order chi connectivity index (χ1) is 16.4. The van der Waals surface area contributed by atoms with Crippen LogP contribution in [-0.4, -0.2) is 53.0 Å². The van der Waals surface area contributed by atoms with Gasteiger partial charge in [0.2, 0.25) is 0 Å². The molecule has 2 saturated heterocycles. The number of carbonyl (C=O) groups excluding carboxylic acids is 2. The molecule has 3 aromatic rings. The van der Waals surface area contributed by atoms with Crippen LogP contribution >= 0.6 is 0 Å². The van der Waals surface area contributed by atoms with Gasteiger partial charge in [0.15, 0.2) is 0 Å². The molecule has 3 heterocycles. The average Bonchev–Trinajstić information content (AvgIpc) is 3.55. The number of amides is 1. The van der Waals surface area contributed by atoms with Gasteiger partial charge in [-0.3, -0.25) is 9.59 Å². The number of ketones is 1. The van der Waals surface area contributed by atoms with Gasteiger partial charge in [-0.1, -0.05) is 18.2 Å². The summed E-state index contributed by atoms with van der Waals surface area (Å²) >= 11 is 0. The first-order valence-corrected chi connectivity index (χ1v) is 11.5. The maximum atomic E-state index is 13.4. The van der Waals surface area contributed by atoms with Crippen LogP contribution in [0.3, 0.4) is 0 Å². The molecule has 34 heavy (non-hydrogen) atoms. The fourth-order valence-electron chi connectivity index (χ4n) is 5.13. The molecule has 2 aliphatic heterocycles. The van der Waals surface area contributed by atoms with Gasteiger partial charge in [-0.25, -0.2) is 0 Å². The summed E-state index contributed by atoms with van der Waals surface area (Å²) in [5.41, 5.74) is 3.86. The van der Waals surface area contributed by atoms with Gasteiger partial charge in [0.1, 0.15) is 11.5 Å². The quantitative estimate of drug-likeness (QED) is 0.335. The molecule has 7 nitrogen and oxygen atoms in total. The van der Waals surface area contributed by atoms with Crippen molar-refractivity contribution < 1.29 is 24.2 Å². The zero-order valence-corrected chi connectivity index (χ0v) is 19.6. The number of benzene rings is 2. The molecule has 0 bridgehead atoms. The predicted octanol–water partition coefficient (Wildman–Crippen LogP) is 4.39. The van der Waals surface area contributed by atoms with Crippen LogP contribution in [-0.2, 0) is 14.3 Å². The Kier molecular flexibility index (Phi) is 5.65. The molecule has 2 aliphatic rings. The number of aliphatic hydroxyl groups excluding tert-OH is 1. The molecule has 0 radical (unpaired) electrons. The number of nitrogens with zero attached hydrogens (tertiary/aromatic N) is 1. The van der Waals surface area contributed by atoms with Crippen LogP contribution in [0.15, 0.2) is 48.2 Å². The third-order valence-corrected chi connectivity index (χ3v) is 6.88. The molecule has 2 atom stereocenters. The summed E-state index contributed by atoms with van der Waals surface area (Å²) in [6.07, 6.45) is 3.45. The van der Waals surface area contributed by atoms with E-state index >= 15 is 0 Å². The van der Waals surface area contributed by atoms with E-state index in [1.54, 1.807) is 18.1 Å². The number of fused-ring (bicyclic) bond motifs is 1. The van der Waals surface area contributed by atoms with Crippen molar-refractivity contribution in [3.8, 4) is 5.75 Å². The van der Waals surface area contributed by atoms with E-state index in [9.17, 15) is 14.7 Å². The Balaban J connectivity index is 1.70. The second kappa shape index (κ2) is 8.65. The highest BCUT2D eigenvalue weighted by molar-refractivity contribution is 6.46. The Hall–Kier alpha value is -3.58. The van der Waals surface area contributed by atoms with Crippen LogP contribution in [0.5, 0.6) is 5.75 Å². The Morgan fingerprint density at radius 3 is 2.74 bits per heavy atom. The first-order valence-electron chi connectivity index (χ1n) is 11.5. The van der Waals surface area contributed by atoms with Crippen molar-refractivity contribution in [1.29, 1.82) is 0 Å². The fraction of sp³-hybridized carbons (Fsp3) is 0.333. The topological polar surface area (TPSA) is 91.9 Å². The Morgan fingerprint density at radius 2 is 2.00 bits per heavy atom. The Labute approximate surface area is 198 Å². The van der Waals surface area contributed by atoms with Crippen LogP contribution < -0.4 is 4.74 Å². The molecule has 2 N–H and O–H groups in total. The number of rotatable bonds is 5. The van der Waals surface area contributed by atoms with Gasteiger partial charge < -0.3 is 24.5 Å². The molecule has 0 spiro atoms. The van der Waals surface area contributed by atoms with Crippen LogP contribution in [0.25, 0.3) is 16.7 Å². The fourth-order valence-corrected chi connectivity index (χ4v) is 5.13. The summed E-state index contributed by atoms with van der Waals surface area (Å²) in [5, 5.41) is 12.4. The zero-order valence-electron chi connectivity index (χ0n) is 19.6. The summed E-state index contributed by atoms with van der Waals surface area (Å²) in [6, 6.07) is 10.6. The summed E-state index contributed by atoms with van der Waals surface area (Å²) in [4.78, 5) is 31.5. The Morgan fingerprint density at radius 1 is 1.21 bits per heavy atom. The minimum Gasteiger partial charge on any atom is -0.507 e. The highest BCUT2D eigenvalue weighted by Crippen LogP contribution is 2.43. The van der Waals surface area contributed by atoms with Crippen molar-refractivity contribution in [2.75, 3.05) is 20.3 Å². The highest BCUT2D eigenvalue weighted by atomic mass is 16.5. The lowest BCUT2D eigenvalue weighted by molar-refractivity contribution is -0.140. The molecule has 0 aliphatic carbocycles. The number of para-hydroxylation sites is 1. The van der Waals surface area contributed by atoms with Gasteiger partial charge in [-0.15, -0.1) is 0 Å². The molecule has 5 rings (SSSR count). The number of H-pyrrole nitrogens is 1. The van der Waals surface area contributed by atoms with Crippen molar-refractivity contribution in [2.24, 2.45) is 0 Å². The molecule has 0 saturated carbocycles. The molecular weight excluding hydrogens is 432 g/mol. The van der Waals surface area contributed by atoms with E-state index in [2.05, 4.69) is 4.98 Å². The van der Waals surface area contributed by atoms with E-state index in [4.69, 9.17) is 9.47 Å². The number of likely N-dealkylation sites (tertiary alicyclic amines) is 1. The predicted molar refractivity (Wildman–Crippen MR) is 129 cm³/mol. The molecular formula is C27H28N2O5. The molecule has 1 aromatic heterocycles. The second-order valence-corrected chi connectivity index (χ2v) is 9.01. The number of aromatic amines is 1. The minimum atomic E-state index is -0.720. The number of aryl methyl sites for hydroxylation is 2. The number of methoxy groups -OCH3 is 1. The van der Waals surface area contributed by atoms with Gasteiger partial charge in [-0.2, -0.15) is 0 Å². The van der Waals surface area contributed by atoms with Crippen LogP contribution in [0.4, 0.5) is 0 Å². The molecule has 7 heteroatoms. The van der Waals surface area contributed by atoms with Gasteiger partial charge >= 0.3 is 0 Å². The Bertz CT molecular complexity index is 1320. The second-order valence-electron chi connectivity index (χ2n) is 9.01. The standard InChI is InChI=1S/C27H28N2O5/c1-15-12-22(33-3)16(2)11-19(15)25(30)23-24(20-13-28-21-9-5-4-8-18(20)21)29(27(32)26(23)31)14-17-7-6-10-34-17/h4-5,8-9,11-13,17,24,28,30H,6-7,10,14H2,1-3H3/b25-23+. The van der Waals surface area contributed by atoms with Crippen molar-refractivity contribution >= 4 is 28.4 Å². The van der Waals surface area contributed by atoms with Crippen molar-refractivity contribution in [3.05, 3.63) is 70.4 Å². The van der Waals surface area contributed by atoms with Crippen LogP contribution in [0.2, 0.25) is 0 Å². The third-order valence-electron chi connectivity index (χ3n) is 6.88. The molecule has 2 unspecified atom stereocenters. The van der Waals surface area contributed by atoms with E-state index in [1.807, 2.05) is 50.4 Å². The van der Waals surface area contributed by atoms with Crippen LogP contribution in [0.1, 0.15) is 41.1 Å². The summed E-state index contributed by atoms with van der Waals surface area (Å²) in [5.74, 6) is -0.776. The lowest BCUT2D eigenvalue weighted by Gasteiger charge is -2.27. The number of nitrogens with one attached hydrogen (secondary N) is 1. The number of aromatic nitrogens is 1. The number of hydrogen-bond acceptors (Lipinski definition) is 5. The van der Waals surface area contributed by atoms with Gasteiger partial charge in [0.25, 0.3) is 11.7 Å². The summed E-state index contributed by atoms with van der Waals surface area (Å²) in [6.45, 7) is 4.67. The first kappa shape index (κ1) is 22.2. The maximum absolute atomic E-state index is 13.4. The zero-order chi connectivity index (χ0) is 24.0. The maximum Gasteiger partial charge on any atom is 0.295 e. The number of aliphatic hydroxyl groups is 1. The van der Waals surface area contributed by atoms with Gasteiger partial charge in [0, 0.05) is 41.4 Å². The SMILES string of the molecule is COc1cc(C)c(/C(O)=C2\C(=O)C(=O)N(CC3CCCO3)C2c2c[nH]c3ccccc23)cc1C. The minimum absolute atomic E-state index is 0.0976. The van der Waals surface area contributed by atoms with E-state index < -0.39 is 17.7 Å². The van der Waals surface area contributed by atoms with E-state index in [1.165, 1.54) is 0 Å². The number of hydrogen-bond donors (Lipinski definition) is 2.